The van der Waals surface area contributed by atoms with Crippen molar-refractivity contribution in [3.05, 3.63) is 7.43 Å². The van der Waals surface area contributed by atoms with E-state index in [2.05, 4.69) is 0 Å². The van der Waals surface area contributed by atoms with Gasteiger partial charge in [0.2, 0.25) is 0 Å². The van der Waals surface area contributed by atoms with E-state index in [1.807, 2.05) is 18.7 Å². The van der Waals surface area contributed by atoms with Crippen LogP contribution in [0.4, 0.5) is 0 Å². The third-order valence-corrected chi connectivity index (χ3v) is 1.54. The summed E-state index contributed by atoms with van der Waals surface area (Å²) in [5.74, 6) is 0. The summed E-state index contributed by atoms with van der Waals surface area (Å²) in [4.78, 5) is 1.96. The van der Waals surface area contributed by atoms with Crippen LogP contribution in [0.1, 0.15) is 13.8 Å². The lowest BCUT2D eigenvalue weighted by molar-refractivity contribution is 0.482. The van der Waals surface area contributed by atoms with E-state index in [1.165, 1.54) is 0 Å². The molecule has 0 aliphatic carbocycles. The number of hydrogen-bond donors (Lipinski definition) is 0. The first-order valence-corrected chi connectivity index (χ1v) is 3.50. The fourth-order valence-corrected chi connectivity index (χ4v) is 0.998. The first-order valence-electron chi connectivity index (χ1n) is 2.68. The number of thiocarbonyl (C=S) groups is 1. The Labute approximate surface area is 68.8 Å². The summed E-state index contributed by atoms with van der Waals surface area (Å²) in [6.45, 7) is 5.95. The summed E-state index contributed by atoms with van der Waals surface area (Å²) in [6, 6.07) is 0. The predicted octanol–water partition coefficient (Wildman–Crippen LogP) is 1.61. The van der Waals surface area contributed by atoms with Gasteiger partial charge in [0.1, 0.15) is 0 Å². The second kappa shape index (κ2) is 6.11. The maximum absolute atomic E-state index is 4.76. The van der Waals surface area contributed by atoms with Crippen LogP contribution >= 0.6 is 12.2 Å². The lowest BCUT2D eigenvalue weighted by atomic mass is 10.6. The maximum atomic E-state index is 4.76. The second-order valence-corrected chi connectivity index (χ2v) is 2.47. The SMILES string of the molecule is CCN(CC)C(=S)[S-].[CH3+]. The Hall–Kier alpha value is -0.0200. The summed E-state index contributed by atoms with van der Waals surface area (Å²) in [6.07, 6.45) is 0. The average molecular weight is 163 g/mol. The van der Waals surface area contributed by atoms with Crippen LogP contribution in [0.5, 0.6) is 0 Å². The normalized spacial score (nSPS) is 7.78. The third-order valence-electron chi connectivity index (χ3n) is 1.02. The van der Waals surface area contributed by atoms with Crippen molar-refractivity contribution < 1.29 is 0 Å². The molecule has 0 aromatic rings. The van der Waals surface area contributed by atoms with Crippen LogP contribution in [0.2, 0.25) is 0 Å². The summed E-state index contributed by atoms with van der Waals surface area (Å²) in [7, 11) is 0. The monoisotopic (exact) mass is 163 g/mol. The zero-order valence-electron chi connectivity index (χ0n) is 6.18. The molecule has 0 radical (unpaired) electrons. The highest BCUT2D eigenvalue weighted by molar-refractivity contribution is 8.00. The van der Waals surface area contributed by atoms with E-state index in [0.29, 0.717) is 4.32 Å². The van der Waals surface area contributed by atoms with Gasteiger partial charge in [-0.3, -0.25) is 0 Å². The fourth-order valence-electron chi connectivity index (χ4n) is 0.482. The molecule has 1 nitrogen and oxygen atoms in total. The Bertz CT molecular complexity index is 79.1. The second-order valence-electron chi connectivity index (χ2n) is 1.44. The Morgan fingerprint density at radius 2 is 1.78 bits per heavy atom. The molecule has 0 heterocycles. The lowest BCUT2D eigenvalue weighted by Gasteiger charge is -2.24. The molecule has 0 fully saturated rings. The maximum Gasteiger partial charge on any atom is 0.0467 e. The molecular weight excluding hydrogens is 150 g/mol. The highest BCUT2D eigenvalue weighted by Crippen LogP contribution is 1.87. The van der Waals surface area contributed by atoms with Crippen LogP contribution in [0.3, 0.4) is 0 Å². The van der Waals surface area contributed by atoms with Crippen molar-refractivity contribution in [2.75, 3.05) is 13.1 Å². The van der Waals surface area contributed by atoms with E-state index in [0.717, 1.165) is 13.1 Å². The van der Waals surface area contributed by atoms with Crippen molar-refractivity contribution in [3.8, 4) is 0 Å². The fraction of sp³-hybridized carbons (Fsp3) is 0.667. The Morgan fingerprint density at radius 3 is 1.78 bits per heavy atom. The minimum atomic E-state index is 0. The predicted molar refractivity (Wildman–Crippen MR) is 49.3 cm³/mol. The summed E-state index contributed by atoms with van der Waals surface area (Å²) < 4.78 is 0.579. The molecule has 0 aromatic carbocycles. The number of rotatable bonds is 2. The molecule has 0 spiro atoms. The van der Waals surface area contributed by atoms with E-state index >= 15 is 0 Å². The van der Waals surface area contributed by atoms with Gasteiger partial charge in [0.05, 0.1) is 0 Å². The molecule has 3 heteroatoms. The van der Waals surface area contributed by atoms with Gasteiger partial charge < -0.3 is 29.7 Å². The van der Waals surface area contributed by atoms with Gasteiger partial charge >= 0.3 is 0 Å². The molecular formula is C6H13NS2. The van der Waals surface area contributed by atoms with Gasteiger partial charge in [-0.05, 0) is 13.8 Å². The molecule has 0 N–H and O–H groups in total. The van der Waals surface area contributed by atoms with E-state index < -0.39 is 0 Å². The van der Waals surface area contributed by atoms with Crippen molar-refractivity contribution in [3.63, 3.8) is 0 Å². The smallest absolute Gasteiger partial charge is 0.0467 e. The molecule has 0 atom stereocenters. The zero-order valence-corrected chi connectivity index (χ0v) is 7.81. The molecule has 0 aliphatic rings. The van der Waals surface area contributed by atoms with Gasteiger partial charge in [-0.15, -0.1) is 0 Å². The van der Waals surface area contributed by atoms with Gasteiger partial charge in [-0.1, -0.05) is 4.32 Å². The first-order chi connectivity index (χ1) is 3.72. The zero-order chi connectivity index (χ0) is 6.57. The minimum absolute atomic E-state index is 0. The summed E-state index contributed by atoms with van der Waals surface area (Å²) in [5, 5.41) is 0. The van der Waals surface area contributed by atoms with Crippen LogP contribution in [-0.4, -0.2) is 22.3 Å². The van der Waals surface area contributed by atoms with Crippen molar-refractivity contribution >= 4 is 29.2 Å². The van der Waals surface area contributed by atoms with Crippen molar-refractivity contribution in [1.82, 2.24) is 4.90 Å². The molecule has 0 saturated carbocycles. The lowest BCUT2D eigenvalue weighted by Crippen LogP contribution is -2.26. The highest BCUT2D eigenvalue weighted by Gasteiger charge is 1.88. The summed E-state index contributed by atoms with van der Waals surface area (Å²) >= 11 is 9.51. The molecule has 0 rings (SSSR count). The topological polar surface area (TPSA) is 3.24 Å². The van der Waals surface area contributed by atoms with E-state index in [1.54, 1.807) is 0 Å². The molecule has 0 aliphatic heterocycles. The molecule has 0 amide bonds. The van der Waals surface area contributed by atoms with Gasteiger partial charge in [0.15, 0.2) is 0 Å². The largest absolute Gasteiger partial charge is 0.411 e. The van der Waals surface area contributed by atoms with Crippen LogP contribution in [-0.2, 0) is 12.6 Å². The minimum Gasteiger partial charge on any atom is -0.411 e. The molecule has 0 bridgehead atoms. The van der Waals surface area contributed by atoms with Crippen molar-refractivity contribution in [2.45, 2.75) is 13.8 Å². The Morgan fingerprint density at radius 1 is 1.44 bits per heavy atom. The van der Waals surface area contributed by atoms with E-state index in [-0.39, 0.29) is 7.43 Å². The molecule has 0 unspecified atom stereocenters. The van der Waals surface area contributed by atoms with Crippen molar-refractivity contribution in [2.24, 2.45) is 0 Å². The molecule has 54 valence electrons. The van der Waals surface area contributed by atoms with Crippen LogP contribution in [0, 0.1) is 7.43 Å². The van der Waals surface area contributed by atoms with Gasteiger partial charge in [-0.2, -0.15) is 0 Å². The van der Waals surface area contributed by atoms with Crippen LogP contribution in [0.25, 0.3) is 0 Å². The summed E-state index contributed by atoms with van der Waals surface area (Å²) in [5.41, 5.74) is 0. The van der Waals surface area contributed by atoms with Gasteiger partial charge in [0.25, 0.3) is 0 Å². The average Bonchev–Trinajstić information content (AvgIpc) is 1.69. The quantitative estimate of drug-likeness (QED) is 0.346. The Balaban J connectivity index is 0. The van der Waals surface area contributed by atoms with E-state index in [9.17, 15) is 0 Å². The molecule has 0 aromatic heterocycles. The Kier molecular flexibility index (Phi) is 7.96. The van der Waals surface area contributed by atoms with Crippen LogP contribution in [0.15, 0.2) is 0 Å². The van der Waals surface area contributed by atoms with Gasteiger partial charge in [0, 0.05) is 20.5 Å². The molecule has 9 heavy (non-hydrogen) atoms. The number of hydrogen-bond acceptors (Lipinski definition) is 2. The van der Waals surface area contributed by atoms with Crippen LogP contribution < -0.4 is 0 Å². The highest BCUT2D eigenvalue weighted by atomic mass is 32.1. The standard InChI is InChI=1S/C5H11NS2.CH3/c1-3-6(4-2)5(7)8;/h3-4H2,1-2H3,(H,7,8);1H3/q;+1/p-1. The number of nitrogens with zero attached hydrogens (tertiary/aromatic N) is 1. The van der Waals surface area contributed by atoms with Gasteiger partial charge in [-0.25, -0.2) is 0 Å². The van der Waals surface area contributed by atoms with E-state index in [4.69, 9.17) is 24.8 Å². The van der Waals surface area contributed by atoms with Crippen molar-refractivity contribution in [1.29, 1.82) is 0 Å². The molecule has 0 saturated heterocycles. The third kappa shape index (κ3) is 4.48. The first kappa shape index (κ1) is 11.7.